The normalized spacial score (nSPS) is 16.4. The number of benzene rings is 2. The molecule has 0 radical (unpaired) electrons. The van der Waals surface area contributed by atoms with Crippen molar-refractivity contribution in [3.05, 3.63) is 127 Å². The van der Waals surface area contributed by atoms with Gasteiger partial charge in [0.15, 0.2) is 0 Å². The van der Waals surface area contributed by atoms with Crippen LogP contribution in [-0.2, 0) is 6.42 Å². The minimum Gasteiger partial charge on any atom is -0.377 e. The largest absolute Gasteiger partial charge is 0.377 e. The molecule has 3 nitrogen and oxygen atoms in total. The van der Waals surface area contributed by atoms with Crippen LogP contribution in [0, 0.1) is 11.3 Å². The van der Waals surface area contributed by atoms with Crippen LogP contribution in [0.5, 0.6) is 0 Å². The summed E-state index contributed by atoms with van der Waals surface area (Å²) < 4.78 is 0. The van der Waals surface area contributed by atoms with E-state index in [1.54, 1.807) is 11.1 Å². The van der Waals surface area contributed by atoms with Crippen molar-refractivity contribution in [2.45, 2.75) is 120 Å². The van der Waals surface area contributed by atoms with Gasteiger partial charge in [-0.15, -0.1) is 6.58 Å². The zero-order chi connectivity index (χ0) is 38.0. The van der Waals surface area contributed by atoms with Crippen LogP contribution in [0.1, 0.15) is 124 Å². The Morgan fingerprint density at radius 2 is 1.62 bits per heavy atom. The number of hydrogen-bond donors (Lipinski definition) is 0. The van der Waals surface area contributed by atoms with E-state index >= 15 is 0 Å². The quantitative estimate of drug-likeness (QED) is 0.119. The van der Waals surface area contributed by atoms with E-state index in [0.29, 0.717) is 17.4 Å². The van der Waals surface area contributed by atoms with Crippen LogP contribution in [0.4, 0.5) is 11.4 Å². The topological polar surface area (TPSA) is 18.8 Å². The maximum absolute atomic E-state index is 3.98. The van der Waals surface area contributed by atoms with Gasteiger partial charge in [-0.2, -0.15) is 0 Å². The lowest BCUT2D eigenvalue weighted by atomic mass is 9.75. The molecule has 2 aromatic carbocycles. The smallest absolute Gasteiger partial charge is 0.0623 e. The van der Waals surface area contributed by atoms with Crippen molar-refractivity contribution in [2.24, 2.45) is 16.3 Å². The van der Waals surface area contributed by atoms with Gasteiger partial charge in [0.2, 0.25) is 0 Å². The summed E-state index contributed by atoms with van der Waals surface area (Å²) in [4.78, 5) is 8.27. The summed E-state index contributed by atoms with van der Waals surface area (Å²) in [6.07, 6.45) is 16.4. The highest BCUT2D eigenvalue weighted by Gasteiger charge is 2.33. The van der Waals surface area contributed by atoms with Gasteiger partial charge in [0.1, 0.15) is 0 Å². The molecular formula is C47H71N3. The van der Waals surface area contributed by atoms with Crippen molar-refractivity contribution < 1.29 is 0 Å². The zero-order valence-corrected chi connectivity index (χ0v) is 33.9. The maximum atomic E-state index is 3.98. The molecule has 274 valence electrons. The van der Waals surface area contributed by atoms with Crippen molar-refractivity contribution in [1.82, 2.24) is 4.90 Å². The summed E-state index contributed by atoms with van der Waals surface area (Å²) in [5.41, 5.74) is 11.6. The van der Waals surface area contributed by atoms with Crippen molar-refractivity contribution >= 4 is 23.7 Å². The highest BCUT2D eigenvalue weighted by atomic mass is 15.1. The Morgan fingerprint density at radius 1 is 1.00 bits per heavy atom. The first-order valence-corrected chi connectivity index (χ1v) is 18.8. The molecule has 1 fully saturated rings. The second-order valence-corrected chi connectivity index (χ2v) is 14.5. The summed E-state index contributed by atoms with van der Waals surface area (Å²) in [6, 6.07) is 15.5. The highest BCUT2D eigenvalue weighted by molar-refractivity contribution is 5.75. The van der Waals surface area contributed by atoms with E-state index < -0.39 is 0 Å². The molecule has 0 amide bonds. The predicted molar refractivity (Wildman–Crippen MR) is 228 cm³/mol. The van der Waals surface area contributed by atoms with E-state index in [4.69, 9.17) is 0 Å². The molecule has 50 heavy (non-hydrogen) atoms. The molecule has 2 unspecified atom stereocenters. The van der Waals surface area contributed by atoms with E-state index in [9.17, 15) is 0 Å². The number of hydrogen-bond acceptors (Lipinski definition) is 3. The van der Waals surface area contributed by atoms with Crippen LogP contribution in [0.25, 0.3) is 5.57 Å². The molecule has 2 atom stereocenters. The molecule has 0 aliphatic heterocycles. The van der Waals surface area contributed by atoms with E-state index in [-0.39, 0.29) is 0 Å². The third kappa shape index (κ3) is 14.6. The number of rotatable bonds is 13. The standard InChI is InChI=1S/C25H37N.C14H18N2.C6H10.C2H6/c1-8-19(5)15-23(17-26(7)18(3)4)22-14-13-21-11-10-12-24(20(6)9-2)25(21)16-22;1-11(2)10-16(12(3)4)14-8-6-13(15-5)7-9-14;1-3-6(2)4-5-6;1-2/h8,13-18,20,24H,1,9-12H2,2-7H3;6-9H,1,3,5,10H2,2,4H3;3H,1,4-5H2,2H3;1-2H3/b19-15-,23-17+;;;. The van der Waals surface area contributed by atoms with Crippen molar-refractivity contribution in [2.75, 3.05) is 18.5 Å². The number of anilines is 1. The van der Waals surface area contributed by atoms with Crippen molar-refractivity contribution in [3.8, 4) is 0 Å². The zero-order valence-electron chi connectivity index (χ0n) is 33.9. The molecule has 2 aliphatic rings. The van der Waals surface area contributed by atoms with Gasteiger partial charge in [-0.3, -0.25) is 4.99 Å². The Kier molecular flexibility index (Phi) is 19.5. The van der Waals surface area contributed by atoms with E-state index in [1.807, 2.05) is 64.1 Å². The van der Waals surface area contributed by atoms with Gasteiger partial charge in [0, 0.05) is 37.2 Å². The van der Waals surface area contributed by atoms with Gasteiger partial charge in [0.25, 0.3) is 0 Å². The summed E-state index contributed by atoms with van der Waals surface area (Å²) in [5, 5.41) is 0. The SMILES string of the molecule is C=C/C(C)=C\C(=C/N(C)C(C)C)c1ccc2c(c1)C(C(C)CC)CCC2.C=CC1(C)CC1.C=Nc1ccc(N(CC(=C)C)C(=C)C)cc1.CC. The van der Waals surface area contributed by atoms with Gasteiger partial charge in [0.05, 0.1) is 5.69 Å². The molecule has 1 saturated carbocycles. The Morgan fingerprint density at radius 3 is 2.06 bits per heavy atom. The van der Waals surface area contributed by atoms with Crippen LogP contribution in [-0.4, -0.2) is 31.3 Å². The van der Waals surface area contributed by atoms with Crippen LogP contribution < -0.4 is 4.90 Å². The lowest BCUT2D eigenvalue weighted by molar-refractivity contribution is 0.377. The van der Waals surface area contributed by atoms with Crippen molar-refractivity contribution in [1.29, 1.82) is 0 Å². The molecule has 3 heteroatoms. The first kappa shape index (κ1) is 44.2. The average Bonchev–Trinajstić information content (AvgIpc) is 3.87. The first-order chi connectivity index (χ1) is 23.7. The van der Waals surface area contributed by atoms with Gasteiger partial charge >= 0.3 is 0 Å². The average molecular weight is 678 g/mol. The molecule has 4 rings (SSSR count). The lowest BCUT2D eigenvalue weighted by Crippen LogP contribution is -2.21. The van der Waals surface area contributed by atoms with Gasteiger partial charge in [-0.1, -0.05) is 108 Å². The van der Waals surface area contributed by atoms with Crippen LogP contribution in [0.15, 0.2) is 115 Å². The molecule has 0 spiro atoms. The summed E-state index contributed by atoms with van der Waals surface area (Å²) in [6.45, 7) is 41.4. The molecule has 2 aromatic rings. The van der Waals surface area contributed by atoms with Gasteiger partial charge in [-0.05, 0) is 137 Å². The van der Waals surface area contributed by atoms with Crippen LogP contribution >= 0.6 is 0 Å². The molecule has 0 aromatic heterocycles. The van der Waals surface area contributed by atoms with Crippen molar-refractivity contribution in [3.63, 3.8) is 0 Å². The third-order valence-electron chi connectivity index (χ3n) is 9.80. The fourth-order valence-corrected chi connectivity index (χ4v) is 5.61. The number of allylic oxidation sites excluding steroid dienone is 6. The fourth-order valence-electron chi connectivity index (χ4n) is 5.61. The van der Waals surface area contributed by atoms with E-state index in [2.05, 4.69) is 127 Å². The number of nitrogens with zero attached hydrogens (tertiary/aromatic N) is 3. The Bertz CT molecular complexity index is 1450. The minimum absolute atomic E-state index is 0.480. The minimum atomic E-state index is 0.480. The summed E-state index contributed by atoms with van der Waals surface area (Å²) in [7, 11) is 2.15. The molecule has 0 N–H and O–H groups in total. The molecule has 0 bridgehead atoms. The van der Waals surface area contributed by atoms with E-state index in [1.165, 1.54) is 55.2 Å². The number of fused-ring (bicyclic) bond motifs is 1. The monoisotopic (exact) mass is 678 g/mol. The van der Waals surface area contributed by atoms with E-state index in [0.717, 1.165) is 35.1 Å². The molecule has 0 saturated heterocycles. The summed E-state index contributed by atoms with van der Waals surface area (Å²) >= 11 is 0. The Labute approximate surface area is 309 Å². The first-order valence-electron chi connectivity index (χ1n) is 18.8. The Balaban J connectivity index is 0.000000438. The summed E-state index contributed by atoms with van der Waals surface area (Å²) in [5.74, 6) is 1.46. The predicted octanol–water partition coefficient (Wildman–Crippen LogP) is 13.9. The number of aryl methyl sites for hydroxylation is 1. The van der Waals surface area contributed by atoms with Crippen LogP contribution in [0.2, 0.25) is 0 Å². The second-order valence-electron chi connectivity index (χ2n) is 14.5. The fraction of sp³-hybridized carbons (Fsp3) is 0.468. The highest BCUT2D eigenvalue weighted by Crippen LogP contribution is 2.45. The molecular weight excluding hydrogens is 607 g/mol. The molecule has 2 aliphatic carbocycles. The lowest BCUT2D eigenvalue weighted by Gasteiger charge is -2.30. The Hall–Kier alpha value is -3.85. The van der Waals surface area contributed by atoms with Gasteiger partial charge < -0.3 is 9.80 Å². The molecule has 0 heterocycles. The van der Waals surface area contributed by atoms with Gasteiger partial charge in [-0.25, -0.2) is 0 Å². The third-order valence-corrected chi connectivity index (χ3v) is 9.80. The second kappa shape index (κ2) is 22.1. The maximum Gasteiger partial charge on any atom is 0.0623 e. The van der Waals surface area contributed by atoms with Crippen LogP contribution in [0.3, 0.4) is 0 Å². The number of aliphatic imine (C=N–C) groups is 1.